The van der Waals surface area contributed by atoms with E-state index < -0.39 is 40.0 Å². The highest BCUT2D eigenvalue weighted by Crippen LogP contribution is 2.36. The number of rotatable bonds is 6. The maximum Gasteiger partial charge on any atom is 0.325 e. The Labute approximate surface area is 213 Å². The molecule has 4 amide bonds. The van der Waals surface area contributed by atoms with Crippen LogP contribution in [0.4, 0.5) is 10.5 Å². The lowest BCUT2D eigenvalue weighted by Gasteiger charge is -2.26. The molecule has 2 fully saturated rings. The Bertz CT molecular complexity index is 1340. The lowest BCUT2D eigenvalue weighted by atomic mass is 9.91. The summed E-state index contributed by atoms with van der Waals surface area (Å²) in [6.45, 7) is 3.07. The first kappa shape index (κ1) is 25.0. The van der Waals surface area contributed by atoms with Crippen molar-refractivity contribution in [2.24, 2.45) is 0 Å². The van der Waals surface area contributed by atoms with Gasteiger partial charge in [0, 0.05) is 18.8 Å². The van der Waals surface area contributed by atoms with Gasteiger partial charge in [-0.25, -0.2) is 13.2 Å². The fourth-order valence-electron chi connectivity index (χ4n) is 4.38. The van der Waals surface area contributed by atoms with Gasteiger partial charge in [-0.3, -0.25) is 14.5 Å². The molecule has 12 nitrogen and oxygen atoms in total. The van der Waals surface area contributed by atoms with E-state index in [1.807, 2.05) is 0 Å². The minimum absolute atomic E-state index is 0.0942. The maximum absolute atomic E-state index is 13.2. The van der Waals surface area contributed by atoms with Crippen LogP contribution in [0.5, 0.6) is 11.5 Å². The molecule has 0 saturated carbocycles. The van der Waals surface area contributed by atoms with Crippen LogP contribution in [0, 0.1) is 0 Å². The number of carbonyl (C=O) groups is 3. The van der Waals surface area contributed by atoms with Gasteiger partial charge in [0.2, 0.25) is 15.9 Å². The molecule has 3 aliphatic rings. The van der Waals surface area contributed by atoms with E-state index in [0.29, 0.717) is 49.2 Å². The summed E-state index contributed by atoms with van der Waals surface area (Å²) in [5, 5.41) is 5.26. The molecule has 2 N–H and O–H groups in total. The number of benzene rings is 2. The van der Waals surface area contributed by atoms with Crippen LogP contribution >= 0.6 is 0 Å². The highest BCUT2D eigenvalue weighted by molar-refractivity contribution is 7.89. The molecule has 3 aliphatic heterocycles. The van der Waals surface area contributed by atoms with Crippen LogP contribution in [-0.4, -0.2) is 81.5 Å². The zero-order valence-corrected chi connectivity index (χ0v) is 20.9. The third-order valence-electron chi connectivity index (χ3n) is 6.44. The summed E-state index contributed by atoms with van der Waals surface area (Å²) in [4.78, 5) is 39.4. The molecule has 0 radical (unpaired) electrons. The normalized spacial score (nSPS) is 22.0. The van der Waals surface area contributed by atoms with Crippen molar-refractivity contribution in [2.45, 2.75) is 17.4 Å². The Kier molecular flexibility index (Phi) is 6.52. The van der Waals surface area contributed by atoms with Gasteiger partial charge in [0.25, 0.3) is 5.91 Å². The Morgan fingerprint density at radius 2 is 1.68 bits per heavy atom. The van der Waals surface area contributed by atoms with E-state index in [-0.39, 0.29) is 18.0 Å². The van der Waals surface area contributed by atoms with Crippen molar-refractivity contribution >= 4 is 33.6 Å². The Hall–Kier alpha value is -3.68. The van der Waals surface area contributed by atoms with E-state index in [1.165, 1.54) is 28.6 Å². The number of ether oxygens (including phenoxy) is 3. The van der Waals surface area contributed by atoms with Crippen molar-refractivity contribution in [2.75, 3.05) is 51.4 Å². The lowest BCUT2D eigenvalue weighted by molar-refractivity contribution is -0.133. The number of urea groups is 1. The van der Waals surface area contributed by atoms with Crippen LogP contribution in [0.2, 0.25) is 0 Å². The topological polar surface area (TPSA) is 144 Å². The number of sulfonamides is 1. The second kappa shape index (κ2) is 9.65. The van der Waals surface area contributed by atoms with E-state index in [1.54, 1.807) is 25.1 Å². The second-order valence-corrected chi connectivity index (χ2v) is 10.8. The summed E-state index contributed by atoms with van der Waals surface area (Å²) in [7, 11) is -3.67. The first-order chi connectivity index (χ1) is 17.7. The first-order valence-corrected chi connectivity index (χ1v) is 13.1. The average molecular weight is 531 g/mol. The summed E-state index contributed by atoms with van der Waals surface area (Å²) < 4.78 is 43.2. The predicted octanol–water partition coefficient (Wildman–Crippen LogP) is 0.884. The van der Waals surface area contributed by atoms with Crippen molar-refractivity contribution in [3.63, 3.8) is 0 Å². The minimum Gasteiger partial charge on any atom is -0.486 e. The van der Waals surface area contributed by atoms with Gasteiger partial charge in [0.05, 0.1) is 18.1 Å². The van der Waals surface area contributed by atoms with E-state index >= 15 is 0 Å². The van der Waals surface area contributed by atoms with Crippen LogP contribution in [0.1, 0.15) is 12.5 Å². The SMILES string of the molecule is CC1(c2ccc3c(c2)OCCO3)NC(=O)N(CC(=O)Nc2ccc(S(=O)(=O)N3CCOCC3)cc2)C1=O. The van der Waals surface area contributed by atoms with E-state index in [9.17, 15) is 22.8 Å². The van der Waals surface area contributed by atoms with Gasteiger partial charge in [-0.1, -0.05) is 6.07 Å². The molecule has 2 aromatic carbocycles. The van der Waals surface area contributed by atoms with E-state index in [4.69, 9.17) is 14.2 Å². The summed E-state index contributed by atoms with van der Waals surface area (Å²) >= 11 is 0. The van der Waals surface area contributed by atoms with Gasteiger partial charge in [-0.2, -0.15) is 4.31 Å². The number of morpholine rings is 1. The van der Waals surface area contributed by atoms with Crippen LogP contribution in [0.15, 0.2) is 47.4 Å². The molecule has 3 heterocycles. The number of anilines is 1. The Morgan fingerprint density at radius 1 is 1.00 bits per heavy atom. The first-order valence-electron chi connectivity index (χ1n) is 11.7. The van der Waals surface area contributed by atoms with Gasteiger partial charge in [0.1, 0.15) is 25.3 Å². The molecule has 0 bridgehead atoms. The fraction of sp³-hybridized carbons (Fsp3) is 0.375. The third kappa shape index (κ3) is 4.72. The van der Waals surface area contributed by atoms with Crippen LogP contribution < -0.4 is 20.1 Å². The van der Waals surface area contributed by atoms with E-state index in [0.717, 1.165) is 4.90 Å². The lowest BCUT2D eigenvalue weighted by Crippen LogP contribution is -2.42. The maximum atomic E-state index is 13.2. The zero-order chi connectivity index (χ0) is 26.2. The Morgan fingerprint density at radius 3 is 2.38 bits per heavy atom. The summed E-state index contributed by atoms with van der Waals surface area (Å²) in [5.41, 5.74) is -0.564. The number of hydrogen-bond donors (Lipinski definition) is 2. The molecule has 2 aromatic rings. The van der Waals surface area contributed by atoms with E-state index in [2.05, 4.69) is 10.6 Å². The van der Waals surface area contributed by atoms with Gasteiger partial charge in [0.15, 0.2) is 11.5 Å². The van der Waals surface area contributed by atoms with Crippen molar-refractivity contribution < 1.29 is 37.0 Å². The van der Waals surface area contributed by atoms with Crippen LogP contribution in [0.25, 0.3) is 0 Å². The molecule has 0 aromatic heterocycles. The third-order valence-corrected chi connectivity index (χ3v) is 8.35. The number of nitrogens with one attached hydrogen (secondary N) is 2. The smallest absolute Gasteiger partial charge is 0.325 e. The molecule has 196 valence electrons. The fourth-order valence-corrected chi connectivity index (χ4v) is 5.79. The van der Waals surface area contributed by atoms with Crippen molar-refractivity contribution in [3.05, 3.63) is 48.0 Å². The van der Waals surface area contributed by atoms with Gasteiger partial charge < -0.3 is 24.8 Å². The summed E-state index contributed by atoms with van der Waals surface area (Å²) in [6, 6.07) is 9.98. The molecule has 0 aliphatic carbocycles. The number of amides is 4. The monoisotopic (exact) mass is 530 g/mol. The van der Waals surface area contributed by atoms with Crippen molar-refractivity contribution in [3.8, 4) is 11.5 Å². The molecule has 1 unspecified atom stereocenters. The van der Waals surface area contributed by atoms with Gasteiger partial charge >= 0.3 is 6.03 Å². The van der Waals surface area contributed by atoms with Crippen molar-refractivity contribution in [1.82, 2.24) is 14.5 Å². The molecular formula is C24H26N4O8S. The number of nitrogens with zero attached hydrogens (tertiary/aromatic N) is 2. The van der Waals surface area contributed by atoms with Gasteiger partial charge in [-0.05, 0) is 48.9 Å². The number of hydrogen-bond acceptors (Lipinski definition) is 8. The molecular weight excluding hydrogens is 504 g/mol. The predicted molar refractivity (Wildman–Crippen MR) is 130 cm³/mol. The summed E-state index contributed by atoms with van der Waals surface area (Å²) in [5.74, 6) is -0.173. The van der Waals surface area contributed by atoms with Crippen LogP contribution in [0.3, 0.4) is 0 Å². The van der Waals surface area contributed by atoms with Gasteiger partial charge in [-0.15, -0.1) is 0 Å². The van der Waals surface area contributed by atoms with Crippen molar-refractivity contribution in [1.29, 1.82) is 0 Å². The highest BCUT2D eigenvalue weighted by atomic mass is 32.2. The molecule has 13 heteroatoms. The zero-order valence-electron chi connectivity index (χ0n) is 20.1. The molecule has 37 heavy (non-hydrogen) atoms. The molecule has 5 rings (SSSR count). The standard InChI is InChI=1S/C24H26N4O8S/c1-24(16-2-7-19-20(14-16)36-13-12-35-19)22(30)28(23(31)26-24)15-21(29)25-17-3-5-18(6-4-17)37(32,33)27-8-10-34-11-9-27/h2-7,14H,8-13,15H2,1H3,(H,25,29)(H,26,31). The summed E-state index contributed by atoms with van der Waals surface area (Å²) in [6.07, 6.45) is 0. The number of imide groups is 1. The molecule has 2 saturated heterocycles. The molecule has 0 spiro atoms. The number of carbonyl (C=O) groups excluding carboxylic acids is 3. The second-order valence-electron chi connectivity index (χ2n) is 8.89. The molecule has 1 atom stereocenters. The quantitative estimate of drug-likeness (QED) is 0.524. The minimum atomic E-state index is -3.67. The number of fused-ring (bicyclic) bond motifs is 1. The van der Waals surface area contributed by atoms with Crippen LogP contribution in [-0.2, 0) is 29.9 Å². The highest BCUT2D eigenvalue weighted by Gasteiger charge is 2.49. The Balaban J connectivity index is 1.24. The largest absolute Gasteiger partial charge is 0.486 e. The average Bonchev–Trinajstić information content (AvgIpc) is 3.13.